The van der Waals surface area contributed by atoms with Crippen molar-refractivity contribution in [1.29, 1.82) is 0 Å². The van der Waals surface area contributed by atoms with Gasteiger partial charge in [0, 0.05) is 45.2 Å². The van der Waals surface area contributed by atoms with E-state index in [0.717, 1.165) is 51.1 Å². The van der Waals surface area contributed by atoms with Crippen molar-refractivity contribution in [1.82, 2.24) is 15.1 Å². The molecular weight excluding hydrogens is 455 g/mol. The van der Waals surface area contributed by atoms with E-state index in [0.29, 0.717) is 12.0 Å². The molecule has 0 amide bonds. The van der Waals surface area contributed by atoms with Crippen molar-refractivity contribution in [2.45, 2.75) is 19.4 Å². The number of nitrogens with zero attached hydrogens (tertiary/aromatic N) is 3. The van der Waals surface area contributed by atoms with Crippen LogP contribution in [0.15, 0.2) is 29.3 Å². The van der Waals surface area contributed by atoms with Crippen molar-refractivity contribution >= 4 is 29.9 Å². The summed E-state index contributed by atoms with van der Waals surface area (Å²) >= 11 is 0. The third kappa shape index (κ3) is 6.22. The minimum Gasteiger partial charge on any atom is -0.492 e. The number of nitrogens with one attached hydrogen (secondary N) is 1. The lowest BCUT2D eigenvalue weighted by atomic mass is 9.87. The van der Waals surface area contributed by atoms with Gasteiger partial charge in [-0.1, -0.05) is 12.1 Å². The van der Waals surface area contributed by atoms with E-state index in [2.05, 4.69) is 46.3 Å². The topological polar surface area (TPSA) is 49.3 Å². The van der Waals surface area contributed by atoms with Crippen LogP contribution in [0.2, 0.25) is 0 Å². The molecule has 1 spiro atoms. The van der Waals surface area contributed by atoms with Crippen molar-refractivity contribution in [3.63, 3.8) is 0 Å². The van der Waals surface area contributed by atoms with Gasteiger partial charge < -0.3 is 24.6 Å². The second kappa shape index (κ2) is 10.5. The van der Waals surface area contributed by atoms with Crippen LogP contribution in [0.3, 0.4) is 0 Å². The minimum absolute atomic E-state index is 0. The molecule has 0 bridgehead atoms. The summed E-state index contributed by atoms with van der Waals surface area (Å²) in [5.74, 6) is 1.90. The largest absolute Gasteiger partial charge is 0.492 e. The van der Waals surface area contributed by atoms with E-state index in [1.807, 2.05) is 19.2 Å². The normalized spacial score (nSPS) is 22.4. The summed E-state index contributed by atoms with van der Waals surface area (Å²) in [4.78, 5) is 8.97. The summed E-state index contributed by atoms with van der Waals surface area (Å²) in [6.45, 7) is 6.25. The number of benzene rings is 1. The molecule has 0 saturated carbocycles. The summed E-state index contributed by atoms with van der Waals surface area (Å²) in [6, 6.07) is 8.28. The van der Waals surface area contributed by atoms with Crippen molar-refractivity contribution in [3.8, 4) is 5.75 Å². The zero-order valence-electron chi connectivity index (χ0n) is 16.7. The average molecular weight is 488 g/mol. The fourth-order valence-electron chi connectivity index (χ4n) is 3.69. The number of aliphatic imine (C=N–C) groups is 1. The third-order valence-corrected chi connectivity index (χ3v) is 5.29. The highest BCUT2D eigenvalue weighted by atomic mass is 127. The predicted octanol–water partition coefficient (Wildman–Crippen LogP) is 2.43. The standard InChI is InChI=1S/C20H32N4O2.HI/c1-21-19(24-9-7-20(15-24)8-11-25-16-20)22-14-17-5-4-6-18(13-17)26-12-10-23(2)3;/h4-6,13H,7-12,14-16H2,1-3H3,(H,21,22);1H. The van der Waals surface area contributed by atoms with E-state index in [-0.39, 0.29) is 24.0 Å². The van der Waals surface area contributed by atoms with Crippen LogP contribution in [-0.4, -0.2) is 76.4 Å². The van der Waals surface area contributed by atoms with Crippen LogP contribution in [0.4, 0.5) is 0 Å². The van der Waals surface area contributed by atoms with Crippen molar-refractivity contribution in [2.75, 3.05) is 60.6 Å². The number of likely N-dealkylation sites (tertiary alicyclic amines) is 1. The summed E-state index contributed by atoms with van der Waals surface area (Å²) in [7, 11) is 5.96. The highest BCUT2D eigenvalue weighted by Gasteiger charge is 2.42. The Morgan fingerprint density at radius 2 is 2.22 bits per heavy atom. The maximum absolute atomic E-state index is 5.83. The van der Waals surface area contributed by atoms with Gasteiger partial charge in [0.25, 0.3) is 0 Å². The molecule has 1 aromatic carbocycles. The van der Waals surface area contributed by atoms with E-state index < -0.39 is 0 Å². The number of halogens is 1. The lowest BCUT2D eigenvalue weighted by Gasteiger charge is -2.25. The van der Waals surface area contributed by atoms with Crippen molar-refractivity contribution in [2.24, 2.45) is 10.4 Å². The molecule has 1 atom stereocenters. The molecule has 2 aliphatic heterocycles. The fraction of sp³-hybridized carbons (Fsp3) is 0.650. The molecule has 27 heavy (non-hydrogen) atoms. The van der Waals surface area contributed by atoms with Crippen molar-refractivity contribution in [3.05, 3.63) is 29.8 Å². The van der Waals surface area contributed by atoms with Crippen LogP contribution in [0, 0.1) is 5.41 Å². The Morgan fingerprint density at radius 1 is 1.37 bits per heavy atom. The molecule has 3 rings (SSSR count). The summed E-state index contributed by atoms with van der Waals surface area (Å²) < 4.78 is 11.5. The Labute approximate surface area is 180 Å². The molecule has 6 nitrogen and oxygen atoms in total. The molecular formula is C20H33IN4O2. The molecule has 0 aromatic heterocycles. The lowest BCUT2D eigenvalue weighted by Crippen LogP contribution is -2.41. The summed E-state index contributed by atoms with van der Waals surface area (Å²) in [5, 5.41) is 3.51. The molecule has 2 heterocycles. The summed E-state index contributed by atoms with van der Waals surface area (Å²) in [6.07, 6.45) is 2.37. The number of hydrogen-bond acceptors (Lipinski definition) is 4. The second-order valence-electron chi connectivity index (χ2n) is 7.67. The molecule has 1 unspecified atom stereocenters. The monoisotopic (exact) mass is 488 g/mol. The van der Waals surface area contributed by atoms with Gasteiger partial charge in [0.2, 0.25) is 0 Å². The SMILES string of the molecule is CN=C(NCc1cccc(OCCN(C)C)c1)N1CCC2(CCOC2)C1.I. The molecule has 1 aromatic rings. The van der Waals surface area contributed by atoms with Gasteiger partial charge in [-0.2, -0.15) is 0 Å². The first kappa shape index (κ1) is 22.2. The maximum Gasteiger partial charge on any atom is 0.193 e. The van der Waals surface area contributed by atoms with E-state index >= 15 is 0 Å². The van der Waals surface area contributed by atoms with Gasteiger partial charge in [-0.15, -0.1) is 24.0 Å². The molecule has 0 radical (unpaired) electrons. The lowest BCUT2D eigenvalue weighted by molar-refractivity contribution is 0.156. The highest BCUT2D eigenvalue weighted by molar-refractivity contribution is 14.0. The molecule has 0 aliphatic carbocycles. The predicted molar refractivity (Wildman–Crippen MR) is 120 cm³/mol. The third-order valence-electron chi connectivity index (χ3n) is 5.29. The van der Waals surface area contributed by atoms with Gasteiger partial charge in [-0.3, -0.25) is 4.99 Å². The maximum atomic E-state index is 5.83. The number of likely N-dealkylation sites (N-methyl/N-ethyl adjacent to an activating group) is 1. The van der Waals surface area contributed by atoms with Gasteiger partial charge >= 0.3 is 0 Å². The number of hydrogen-bond donors (Lipinski definition) is 1. The fourth-order valence-corrected chi connectivity index (χ4v) is 3.69. The quantitative estimate of drug-likeness (QED) is 0.379. The van der Waals surface area contributed by atoms with Gasteiger partial charge in [0.1, 0.15) is 12.4 Å². The van der Waals surface area contributed by atoms with Crippen molar-refractivity contribution < 1.29 is 9.47 Å². The Kier molecular flexibility index (Phi) is 8.62. The van der Waals surface area contributed by atoms with Gasteiger partial charge in [0.05, 0.1) is 6.61 Å². The highest BCUT2D eigenvalue weighted by Crippen LogP contribution is 2.38. The number of rotatable bonds is 6. The van der Waals surface area contributed by atoms with Crippen LogP contribution in [0.1, 0.15) is 18.4 Å². The molecule has 7 heteroatoms. The van der Waals surface area contributed by atoms with Crippen LogP contribution < -0.4 is 10.1 Å². The number of ether oxygens (including phenoxy) is 2. The number of guanidine groups is 1. The van der Waals surface area contributed by atoms with E-state index in [9.17, 15) is 0 Å². The Hall–Kier alpha value is -1.06. The average Bonchev–Trinajstić information content (AvgIpc) is 3.26. The van der Waals surface area contributed by atoms with Crippen LogP contribution in [0.25, 0.3) is 0 Å². The Balaban J connectivity index is 0.00000261. The van der Waals surface area contributed by atoms with E-state index in [1.54, 1.807) is 0 Å². The smallest absolute Gasteiger partial charge is 0.193 e. The first-order chi connectivity index (χ1) is 12.6. The van der Waals surface area contributed by atoms with Crippen LogP contribution >= 0.6 is 24.0 Å². The van der Waals surface area contributed by atoms with Gasteiger partial charge in [0.15, 0.2) is 5.96 Å². The second-order valence-corrected chi connectivity index (χ2v) is 7.67. The first-order valence-electron chi connectivity index (χ1n) is 9.50. The molecule has 1 N–H and O–H groups in total. The summed E-state index contributed by atoms with van der Waals surface area (Å²) in [5.41, 5.74) is 1.55. The zero-order valence-corrected chi connectivity index (χ0v) is 19.1. The molecule has 2 fully saturated rings. The van der Waals surface area contributed by atoms with E-state index in [1.165, 1.54) is 18.4 Å². The van der Waals surface area contributed by atoms with Gasteiger partial charge in [-0.05, 0) is 44.6 Å². The Bertz CT molecular complexity index is 618. The van der Waals surface area contributed by atoms with Gasteiger partial charge in [-0.25, -0.2) is 0 Å². The molecule has 2 saturated heterocycles. The Morgan fingerprint density at radius 3 is 2.93 bits per heavy atom. The van der Waals surface area contributed by atoms with E-state index in [4.69, 9.17) is 9.47 Å². The zero-order chi connectivity index (χ0) is 18.4. The van der Waals surface area contributed by atoms with Crippen LogP contribution in [-0.2, 0) is 11.3 Å². The van der Waals surface area contributed by atoms with Crippen LogP contribution in [0.5, 0.6) is 5.75 Å². The first-order valence-corrected chi connectivity index (χ1v) is 9.50. The molecule has 2 aliphatic rings. The minimum atomic E-state index is 0. The molecule has 152 valence electrons.